The summed E-state index contributed by atoms with van der Waals surface area (Å²) < 4.78 is 26.7. The Kier molecular flexibility index (Phi) is 7.08. The molecule has 31 heavy (non-hydrogen) atoms. The normalized spacial score (nSPS) is 11.9. The van der Waals surface area contributed by atoms with Gasteiger partial charge in [-0.1, -0.05) is 42.3 Å². The molecule has 0 spiro atoms. The average molecular weight is 434 g/mol. The van der Waals surface area contributed by atoms with Crippen LogP contribution in [0.3, 0.4) is 0 Å². The van der Waals surface area contributed by atoms with Gasteiger partial charge in [0.1, 0.15) is 0 Å². The van der Waals surface area contributed by atoms with E-state index in [1.165, 1.54) is 23.8 Å². The second kappa shape index (κ2) is 9.94. The van der Waals surface area contributed by atoms with Crippen LogP contribution in [0.2, 0.25) is 0 Å². The van der Waals surface area contributed by atoms with E-state index in [9.17, 15) is 13.2 Å². The molecule has 3 N–H and O–H groups in total. The largest absolute Gasteiger partial charge is 0.379 e. The quantitative estimate of drug-likeness (QED) is 0.468. The predicted molar refractivity (Wildman–Crippen MR) is 123 cm³/mol. The van der Waals surface area contributed by atoms with Crippen LogP contribution >= 0.6 is 0 Å². The lowest BCUT2D eigenvalue weighted by Gasteiger charge is -2.16. The van der Waals surface area contributed by atoms with Crippen LogP contribution in [0.4, 0.5) is 11.4 Å². The molecule has 0 heterocycles. The maximum absolute atomic E-state index is 12.6. The minimum atomic E-state index is -3.77. The topological polar surface area (TPSA) is 87.3 Å². The van der Waals surface area contributed by atoms with Crippen LogP contribution in [0.25, 0.3) is 0 Å². The van der Waals surface area contributed by atoms with Crippen molar-refractivity contribution in [2.75, 3.05) is 17.2 Å². The van der Waals surface area contributed by atoms with E-state index in [-0.39, 0.29) is 23.0 Å². The average Bonchev–Trinajstić information content (AvgIpc) is 2.79. The van der Waals surface area contributed by atoms with Crippen molar-refractivity contribution in [3.63, 3.8) is 0 Å². The van der Waals surface area contributed by atoms with Gasteiger partial charge in [0.2, 0.25) is 10.0 Å². The number of hydrogen-bond acceptors (Lipinski definition) is 4. The van der Waals surface area contributed by atoms with Crippen molar-refractivity contribution in [3.8, 4) is 12.3 Å². The molecule has 0 radical (unpaired) electrons. The third-order valence-electron chi connectivity index (χ3n) is 4.60. The lowest BCUT2D eigenvalue weighted by atomic mass is 10.1. The maximum Gasteiger partial charge on any atom is 0.255 e. The Bertz CT molecular complexity index is 1180. The SMILES string of the molecule is C#CCNS(=O)(=O)c1cccc(C(=O)Nc2ccc(NC(C)c3ccccc3)cc2)c1. The molecule has 0 fully saturated rings. The highest BCUT2D eigenvalue weighted by molar-refractivity contribution is 7.89. The first kappa shape index (κ1) is 22.1. The molecular weight excluding hydrogens is 410 g/mol. The fraction of sp³-hybridized carbons (Fsp3) is 0.125. The van der Waals surface area contributed by atoms with Crippen LogP contribution in [0.1, 0.15) is 28.9 Å². The first-order valence-electron chi connectivity index (χ1n) is 9.65. The van der Waals surface area contributed by atoms with Crippen molar-refractivity contribution >= 4 is 27.3 Å². The van der Waals surface area contributed by atoms with Crippen molar-refractivity contribution < 1.29 is 13.2 Å². The van der Waals surface area contributed by atoms with Crippen molar-refractivity contribution in [2.24, 2.45) is 0 Å². The number of benzene rings is 3. The fourth-order valence-corrected chi connectivity index (χ4v) is 3.93. The van der Waals surface area contributed by atoms with E-state index < -0.39 is 15.9 Å². The number of nitrogens with one attached hydrogen (secondary N) is 3. The molecule has 7 heteroatoms. The highest BCUT2D eigenvalue weighted by Gasteiger charge is 2.15. The summed E-state index contributed by atoms with van der Waals surface area (Å²) in [5.74, 6) is 1.80. The summed E-state index contributed by atoms with van der Waals surface area (Å²) in [7, 11) is -3.77. The van der Waals surface area contributed by atoms with Crippen molar-refractivity contribution in [1.82, 2.24) is 4.72 Å². The van der Waals surface area contributed by atoms with E-state index in [0.29, 0.717) is 5.69 Å². The molecular formula is C24H23N3O3S. The van der Waals surface area contributed by atoms with Gasteiger partial charge in [0.05, 0.1) is 11.4 Å². The number of hydrogen-bond donors (Lipinski definition) is 3. The summed E-state index contributed by atoms with van der Waals surface area (Å²) in [6, 6.07) is 23.3. The summed E-state index contributed by atoms with van der Waals surface area (Å²) in [6.45, 7) is 1.95. The van der Waals surface area contributed by atoms with Crippen molar-refractivity contribution in [3.05, 3.63) is 90.0 Å². The van der Waals surface area contributed by atoms with Crippen LogP contribution in [0.15, 0.2) is 83.8 Å². The molecule has 1 amide bonds. The number of terminal acetylenes is 1. The smallest absolute Gasteiger partial charge is 0.255 e. The number of sulfonamides is 1. The summed E-state index contributed by atoms with van der Waals surface area (Å²) in [5.41, 5.74) is 2.92. The van der Waals surface area contributed by atoms with Gasteiger partial charge in [-0.3, -0.25) is 4.79 Å². The zero-order valence-electron chi connectivity index (χ0n) is 17.0. The van der Waals surface area contributed by atoms with Gasteiger partial charge in [-0.05, 0) is 55.0 Å². The highest BCUT2D eigenvalue weighted by Crippen LogP contribution is 2.21. The Morgan fingerprint density at radius 1 is 0.968 bits per heavy atom. The van der Waals surface area contributed by atoms with E-state index in [1.807, 2.05) is 30.3 Å². The van der Waals surface area contributed by atoms with Gasteiger partial charge >= 0.3 is 0 Å². The number of amides is 1. The monoisotopic (exact) mass is 433 g/mol. The van der Waals surface area contributed by atoms with Crippen LogP contribution in [-0.4, -0.2) is 20.9 Å². The number of carbonyl (C=O) groups is 1. The molecule has 0 bridgehead atoms. The molecule has 1 unspecified atom stereocenters. The van der Waals surface area contributed by atoms with Gasteiger partial charge in [0.25, 0.3) is 5.91 Å². The van der Waals surface area contributed by atoms with Gasteiger partial charge in [-0.2, -0.15) is 4.72 Å². The molecule has 1 atom stereocenters. The Hall–Kier alpha value is -3.60. The molecule has 3 aromatic carbocycles. The molecule has 0 saturated carbocycles. The zero-order valence-corrected chi connectivity index (χ0v) is 17.8. The second-order valence-corrected chi connectivity index (χ2v) is 8.63. The molecule has 158 valence electrons. The number of anilines is 2. The molecule has 0 saturated heterocycles. The Labute approximate surface area is 182 Å². The first-order chi connectivity index (χ1) is 14.9. The summed E-state index contributed by atoms with van der Waals surface area (Å²) in [4.78, 5) is 12.6. The molecule has 6 nitrogen and oxygen atoms in total. The lowest BCUT2D eigenvalue weighted by Crippen LogP contribution is -2.24. The molecule has 0 aliphatic heterocycles. The Morgan fingerprint density at radius 3 is 2.32 bits per heavy atom. The first-order valence-corrected chi connectivity index (χ1v) is 11.1. The van der Waals surface area contributed by atoms with Crippen molar-refractivity contribution in [2.45, 2.75) is 17.9 Å². The highest BCUT2D eigenvalue weighted by atomic mass is 32.2. The summed E-state index contributed by atoms with van der Waals surface area (Å²) in [5, 5.41) is 6.19. The molecule has 0 aliphatic rings. The standard InChI is InChI=1S/C24H23N3O3S/c1-3-16-25-31(29,30)23-11-7-10-20(17-23)24(28)27-22-14-12-21(13-15-22)26-18(2)19-8-5-4-6-9-19/h1,4-15,17-18,25-26H,16H2,2H3,(H,27,28). The van der Waals surface area contributed by atoms with E-state index in [4.69, 9.17) is 6.42 Å². The third kappa shape index (κ3) is 5.95. The van der Waals surface area contributed by atoms with Crippen LogP contribution in [0.5, 0.6) is 0 Å². The van der Waals surface area contributed by atoms with Gasteiger partial charge < -0.3 is 10.6 Å². The number of carbonyl (C=O) groups excluding carboxylic acids is 1. The van der Waals surface area contributed by atoms with Gasteiger partial charge in [0, 0.05) is 23.0 Å². The van der Waals surface area contributed by atoms with Crippen LogP contribution in [-0.2, 0) is 10.0 Å². The third-order valence-corrected chi connectivity index (χ3v) is 6.00. The van der Waals surface area contributed by atoms with Crippen LogP contribution in [0, 0.1) is 12.3 Å². The van der Waals surface area contributed by atoms with E-state index in [1.54, 1.807) is 18.2 Å². The summed E-state index contributed by atoms with van der Waals surface area (Å²) >= 11 is 0. The fourth-order valence-electron chi connectivity index (χ4n) is 2.95. The molecule has 3 rings (SSSR count). The second-order valence-electron chi connectivity index (χ2n) is 6.86. The van der Waals surface area contributed by atoms with Gasteiger partial charge in [-0.15, -0.1) is 6.42 Å². The summed E-state index contributed by atoms with van der Waals surface area (Å²) in [6.07, 6.45) is 5.10. The molecule has 0 aliphatic carbocycles. The molecule has 0 aromatic heterocycles. The Morgan fingerprint density at radius 2 is 1.65 bits per heavy atom. The number of rotatable bonds is 8. The van der Waals surface area contributed by atoms with Crippen LogP contribution < -0.4 is 15.4 Å². The zero-order chi connectivity index (χ0) is 22.3. The minimum Gasteiger partial charge on any atom is -0.379 e. The Balaban J connectivity index is 1.66. The van der Waals surface area contributed by atoms with E-state index in [0.717, 1.165) is 5.69 Å². The van der Waals surface area contributed by atoms with Gasteiger partial charge in [-0.25, -0.2) is 8.42 Å². The van der Waals surface area contributed by atoms with Crippen molar-refractivity contribution in [1.29, 1.82) is 0 Å². The van der Waals surface area contributed by atoms with E-state index >= 15 is 0 Å². The van der Waals surface area contributed by atoms with Gasteiger partial charge in [0.15, 0.2) is 0 Å². The lowest BCUT2D eigenvalue weighted by molar-refractivity contribution is 0.102. The maximum atomic E-state index is 12.6. The van der Waals surface area contributed by atoms with E-state index in [2.05, 4.69) is 40.3 Å². The molecule has 3 aromatic rings. The minimum absolute atomic E-state index is 0.0233. The predicted octanol–water partition coefficient (Wildman–Crippen LogP) is 4.02.